The predicted molar refractivity (Wildman–Crippen MR) is 107 cm³/mol. The first-order chi connectivity index (χ1) is 13.2. The van der Waals surface area contributed by atoms with E-state index in [0.717, 1.165) is 0 Å². The summed E-state index contributed by atoms with van der Waals surface area (Å²) in [6.07, 6.45) is 1.32. The van der Waals surface area contributed by atoms with Crippen LogP contribution in [0.1, 0.15) is 30.6 Å². The van der Waals surface area contributed by atoms with E-state index in [1.54, 1.807) is 29.4 Å². The number of rotatable bonds is 9. The molecule has 0 radical (unpaired) electrons. The third kappa shape index (κ3) is 4.32. The largest absolute Gasteiger partial charge is 0.493 e. The lowest BCUT2D eigenvalue weighted by Crippen LogP contribution is -2.37. The number of hydrogen-bond acceptors (Lipinski definition) is 6. The molecule has 152 valence electrons. The summed E-state index contributed by atoms with van der Waals surface area (Å²) < 4.78 is 10.5. The molecule has 1 aromatic rings. The summed E-state index contributed by atoms with van der Waals surface area (Å²) in [5, 5.41) is 8.76. The molecule has 0 unspecified atom stereocenters. The Hall–Kier alpha value is -2.48. The van der Waals surface area contributed by atoms with E-state index < -0.39 is 17.8 Å². The lowest BCUT2D eigenvalue weighted by Gasteiger charge is -2.27. The zero-order valence-electron chi connectivity index (χ0n) is 16.6. The second kappa shape index (κ2) is 9.14. The molecule has 1 heterocycles. The highest BCUT2D eigenvalue weighted by Gasteiger charge is 2.42. The van der Waals surface area contributed by atoms with Crippen molar-refractivity contribution in [1.29, 1.82) is 0 Å². The molecule has 28 heavy (non-hydrogen) atoms. The quantitative estimate of drug-likeness (QED) is 0.629. The second-order valence-corrected chi connectivity index (χ2v) is 7.72. The molecular formula is C20H25NO6S. The van der Waals surface area contributed by atoms with Crippen molar-refractivity contribution in [2.24, 2.45) is 5.92 Å². The molecule has 0 saturated heterocycles. The predicted octanol–water partition coefficient (Wildman–Crippen LogP) is 2.85. The molecule has 2 rings (SSSR count). The topological polar surface area (TPSA) is 93.1 Å². The highest BCUT2D eigenvalue weighted by atomic mass is 32.2. The van der Waals surface area contributed by atoms with Crippen molar-refractivity contribution < 1.29 is 29.0 Å². The molecule has 1 amide bonds. The first-order valence-corrected chi connectivity index (χ1v) is 10.1. The van der Waals surface area contributed by atoms with Crippen LogP contribution >= 0.6 is 11.8 Å². The van der Waals surface area contributed by atoms with Crippen LogP contribution in [0.2, 0.25) is 0 Å². The first kappa shape index (κ1) is 21.8. The molecule has 1 aromatic carbocycles. The minimum Gasteiger partial charge on any atom is -0.493 e. The van der Waals surface area contributed by atoms with Gasteiger partial charge in [-0.15, -0.1) is 11.8 Å². The average Bonchev–Trinajstić information content (AvgIpc) is 2.91. The minimum absolute atomic E-state index is 0.0484. The Morgan fingerprint density at radius 2 is 1.86 bits per heavy atom. The molecule has 0 saturated carbocycles. The van der Waals surface area contributed by atoms with Crippen molar-refractivity contribution in [1.82, 2.24) is 4.90 Å². The van der Waals surface area contributed by atoms with Gasteiger partial charge in [-0.05, 0) is 30.4 Å². The lowest BCUT2D eigenvalue weighted by molar-refractivity contribution is -0.137. The van der Waals surface area contributed by atoms with E-state index in [2.05, 4.69) is 0 Å². The summed E-state index contributed by atoms with van der Waals surface area (Å²) in [7, 11) is 2.96. The van der Waals surface area contributed by atoms with Crippen LogP contribution in [0.15, 0.2) is 29.3 Å². The fraction of sp³-hybridized carbons (Fsp3) is 0.450. The van der Waals surface area contributed by atoms with Gasteiger partial charge in [-0.3, -0.25) is 14.4 Å². The zero-order valence-corrected chi connectivity index (χ0v) is 17.5. The number of carbonyl (C=O) groups is 3. The van der Waals surface area contributed by atoms with Gasteiger partial charge in [-0.1, -0.05) is 13.8 Å². The van der Waals surface area contributed by atoms with Gasteiger partial charge >= 0.3 is 5.97 Å². The maximum atomic E-state index is 13.3. The van der Waals surface area contributed by atoms with Crippen LogP contribution in [0.5, 0.6) is 11.5 Å². The van der Waals surface area contributed by atoms with Gasteiger partial charge in [0.15, 0.2) is 17.3 Å². The standard InChI is InChI=1S/C20H25NO6S/c1-11(2)10-21-19(25)13(9-16(22)23)17(20(21)28-5)18(24)12-6-7-14(26-3)15(8-12)27-4/h6-8,11,20H,9-10H2,1-5H3,(H,22,23)/t20-/m0/s1. The molecular weight excluding hydrogens is 382 g/mol. The van der Waals surface area contributed by atoms with E-state index in [9.17, 15) is 19.5 Å². The van der Waals surface area contributed by atoms with Gasteiger partial charge < -0.3 is 19.5 Å². The maximum Gasteiger partial charge on any atom is 0.308 e. The van der Waals surface area contributed by atoms with Gasteiger partial charge in [-0.25, -0.2) is 0 Å². The molecule has 0 bridgehead atoms. The molecule has 1 N–H and O–H groups in total. The Morgan fingerprint density at radius 1 is 1.21 bits per heavy atom. The molecule has 1 atom stereocenters. The second-order valence-electron chi connectivity index (χ2n) is 6.80. The summed E-state index contributed by atoms with van der Waals surface area (Å²) >= 11 is 1.34. The number of aliphatic carboxylic acids is 1. The van der Waals surface area contributed by atoms with Crippen LogP contribution in [0.4, 0.5) is 0 Å². The number of amides is 1. The Morgan fingerprint density at radius 3 is 2.36 bits per heavy atom. The third-order valence-corrected chi connectivity index (χ3v) is 5.31. The first-order valence-electron chi connectivity index (χ1n) is 8.80. The van der Waals surface area contributed by atoms with Crippen LogP contribution in [-0.4, -0.2) is 60.1 Å². The van der Waals surface area contributed by atoms with Gasteiger partial charge in [-0.2, -0.15) is 0 Å². The molecule has 0 fully saturated rings. The number of Topliss-reactive ketones (excluding diaryl/α,β-unsaturated/α-hetero) is 1. The Kier molecular flexibility index (Phi) is 7.12. The molecule has 0 aliphatic carbocycles. The summed E-state index contributed by atoms with van der Waals surface area (Å²) in [6, 6.07) is 4.74. The van der Waals surface area contributed by atoms with Gasteiger partial charge in [0.1, 0.15) is 5.37 Å². The van der Waals surface area contributed by atoms with E-state index in [1.807, 2.05) is 13.8 Å². The van der Waals surface area contributed by atoms with Crippen LogP contribution in [0.25, 0.3) is 0 Å². The normalized spacial score (nSPS) is 16.7. The summed E-state index contributed by atoms with van der Waals surface area (Å²) in [6.45, 7) is 4.38. The van der Waals surface area contributed by atoms with Gasteiger partial charge in [0.2, 0.25) is 0 Å². The Balaban J connectivity index is 2.55. The van der Waals surface area contributed by atoms with Crippen LogP contribution in [0, 0.1) is 5.92 Å². The van der Waals surface area contributed by atoms with Gasteiger partial charge in [0.05, 0.1) is 20.6 Å². The van der Waals surface area contributed by atoms with E-state index in [-0.39, 0.29) is 28.8 Å². The van der Waals surface area contributed by atoms with Crippen LogP contribution in [-0.2, 0) is 9.59 Å². The number of ketones is 1. The highest BCUT2D eigenvalue weighted by molar-refractivity contribution is 7.99. The molecule has 0 aromatic heterocycles. The van der Waals surface area contributed by atoms with E-state index in [1.165, 1.54) is 26.0 Å². The minimum atomic E-state index is -1.15. The van der Waals surface area contributed by atoms with Crippen molar-refractivity contribution in [2.75, 3.05) is 27.0 Å². The number of hydrogen-bond donors (Lipinski definition) is 1. The van der Waals surface area contributed by atoms with Crippen molar-refractivity contribution in [3.63, 3.8) is 0 Å². The monoisotopic (exact) mass is 407 g/mol. The average molecular weight is 407 g/mol. The van der Waals surface area contributed by atoms with Gasteiger partial charge in [0.25, 0.3) is 5.91 Å². The number of thioether (sulfide) groups is 1. The smallest absolute Gasteiger partial charge is 0.308 e. The van der Waals surface area contributed by atoms with Crippen molar-refractivity contribution in [2.45, 2.75) is 25.6 Å². The zero-order chi connectivity index (χ0) is 21.0. The lowest BCUT2D eigenvalue weighted by atomic mass is 9.98. The highest BCUT2D eigenvalue weighted by Crippen LogP contribution is 2.37. The fourth-order valence-electron chi connectivity index (χ4n) is 3.22. The number of carbonyl (C=O) groups excluding carboxylic acids is 2. The molecule has 1 aliphatic heterocycles. The number of nitrogens with zero attached hydrogens (tertiary/aromatic N) is 1. The SMILES string of the molecule is COc1ccc(C(=O)C2=C(CC(=O)O)C(=O)N(CC(C)C)[C@H]2SC)cc1OC. The number of ether oxygens (including phenoxy) is 2. The fourth-order valence-corrected chi connectivity index (χ4v) is 4.14. The van der Waals surface area contributed by atoms with E-state index in [0.29, 0.717) is 23.6 Å². The molecule has 8 heteroatoms. The van der Waals surface area contributed by atoms with Crippen molar-refractivity contribution >= 4 is 29.4 Å². The van der Waals surface area contributed by atoms with Crippen LogP contribution in [0.3, 0.4) is 0 Å². The number of methoxy groups -OCH3 is 2. The molecule has 7 nitrogen and oxygen atoms in total. The maximum absolute atomic E-state index is 13.3. The number of carboxylic acid groups (broad SMARTS) is 1. The van der Waals surface area contributed by atoms with E-state index in [4.69, 9.17) is 9.47 Å². The van der Waals surface area contributed by atoms with E-state index >= 15 is 0 Å². The van der Waals surface area contributed by atoms with Crippen molar-refractivity contribution in [3.05, 3.63) is 34.9 Å². The number of benzene rings is 1. The van der Waals surface area contributed by atoms with Gasteiger partial charge in [0, 0.05) is 23.3 Å². The Bertz CT molecular complexity index is 817. The molecule has 0 spiro atoms. The third-order valence-electron chi connectivity index (χ3n) is 4.38. The summed E-state index contributed by atoms with van der Waals surface area (Å²) in [5.41, 5.74) is 0.592. The van der Waals surface area contributed by atoms with Crippen molar-refractivity contribution in [3.8, 4) is 11.5 Å². The Labute approximate surface area is 168 Å². The summed E-state index contributed by atoms with van der Waals surface area (Å²) in [5.74, 6) is -0.871. The van der Waals surface area contributed by atoms with Crippen LogP contribution < -0.4 is 9.47 Å². The summed E-state index contributed by atoms with van der Waals surface area (Å²) in [4.78, 5) is 39.2. The number of carboxylic acids is 1. The molecule has 1 aliphatic rings.